The van der Waals surface area contributed by atoms with Crippen LogP contribution in [0.5, 0.6) is 0 Å². The molecule has 2 atom stereocenters. The Morgan fingerprint density at radius 2 is 1.89 bits per heavy atom. The van der Waals surface area contributed by atoms with Crippen LogP contribution in [-0.4, -0.2) is 37.4 Å². The summed E-state index contributed by atoms with van der Waals surface area (Å²) in [5.41, 5.74) is 1.74. The first-order valence-electron chi connectivity index (χ1n) is 5.84. The molecule has 0 bridgehead atoms. The Morgan fingerprint density at radius 1 is 1.26 bits per heavy atom. The molecule has 1 aliphatic rings. The summed E-state index contributed by atoms with van der Waals surface area (Å²) in [6.45, 7) is 1.95. The lowest BCUT2D eigenvalue weighted by Crippen LogP contribution is -2.42. The van der Waals surface area contributed by atoms with Gasteiger partial charge in [0.2, 0.25) is 0 Å². The molecule has 2 N–H and O–H groups in total. The Kier molecular flexibility index (Phi) is 4.01. The molecule has 2 rings (SSSR count). The summed E-state index contributed by atoms with van der Waals surface area (Å²) in [4.78, 5) is 11.7. The Hall–Kier alpha value is -1.27. The second kappa shape index (κ2) is 5.38. The van der Waals surface area contributed by atoms with Crippen LogP contribution in [0.25, 0.3) is 0 Å². The number of halogens is 1. The fraction of sp³-hybridized carbons (Fsp3) is 0.417. The maximum Gasteiger partial charge on any atom is 0.319 e. The third-order valence-electron chi connectivity index (χ3n) is 2.91. The SMILES string of the molecule is Cc1ccc(NC(=O)N[C@@H]2CS(=O)(=O)C[C@H]2Cl)cc1. The summed E-state index contributed by atoms with van der Waals surface area (Å²) in [6.07, 6.45) is 0. The van der Waals surface area contributed by atoms with Crippen LogP contribution in [-0.2, 0) is 9.84 Å². The summed E-state index contributed by atoms with van der Waals surface area (Å²) in [5.74, 6) is -0.202. The van der Waals surface area contributed by atoms with Gasteiger partial charge in [-0.2, -0.15) is 0 Å². The van der Waals surface area contributed by atoms with E-state index in [-0.39, 0.29) is 11.5 Å². The molecule has 1 heterocycles. The van der Waals surface area contributed by atoms with Crippen molar-refractivity contribution in [1.29, 1.82) is 0 Å². The minimum Gasteiger partial charge on any atom is -0.333 e. The standard InChI is InChI=1S/C12H15ClN2O3S/c1-8-2-4-9(5-3-8)14-12(16)15-11-7-19(17,18)6-10(11)13/h2-5,10-11H,6-7H2,1H3,(H2,14,15,16)/t10-,11-/m1/s1. The van der Waals surface area contributed by atoms with Crippen molar-refractivity contribution in [3.05, 3.63) is 29.8 Å². The van der Waals surface area contributed by atoms with E-state index in [9.17, 15) is 13.2 Å². The van der Waals surface area contributed by atoms with Gasteiger partial charge in [0.25, 0.3) is 0 Å². The predicted molar refractivity (Wildman–Crippen MR) is 75.4 cm³/mol. The maximum absolute atomic E-state index is 11.7. The topological polar surface area (TPSA) is 75.3 Å². The zero-order valence-corrected chi connectivity index (χ0v) is 12.0. The van der Waals surface area contributed by atoms with Crippen molar-refractivity contribution >= 4 is 33.2 Å². The third kappa shape index (κ3) is 3.84. The minimum atomic E-state index is -3.14. The zero-order valence-electron chi connectivity index (χ0n) is 10.4. The van der Waals surface area contributed by atoms with Crippen LogP contribution in [0.1, 0.15) is 5.56 Å². The molecular weight excluding hydrogens is 288 g/mol. The Labute approximate surface area is 117 Å². The number of rotatable bonds is 2. The summed E-state index contributed by atoms with van der Waals surface area (Å²) in [6, 6.07) is 6.31. The number of anilines is 1. The molecule has 0 saturated carbocycles. The molecule has 7 heteroatoms. The minimum absolute atomic E-state index is 0.0932. The highest BCUT2D eigenvalue weighted by Gasteiger charge is 2.37. The summed E-state index contributed by atoms with van der Waals surface area (Å²) >= 11 is 5.91. The fourth-order valence-corrected chi connectivity index (χ4v) is 4.46. The van der Waals surface area contributed by atoms with Crippen LogP contribution >= 0.6 is 11.6 Å². The van der Waals surface area contributed by atoms with Gasteiger partial charge in [0.05, 0.1) is 22.9 Å². The van der Waals surface area contributed by atoms with Gasteiger partial charge in [-0.1, -0.05) is 17.7 Å². The number of benzene rings is 1. The number of hydrogen-bond donors (Lipinski definition) is 2. The summed E-state index contributed by atoms with van der Waals surface area (Å²) in [5, 5.41) is 4.65. The number of sulfone groups is 1. The largest absolute Gasteiger partial charge is 0.333 e. The number of nitrogens with one attached hydrogen (secondary N) is 2. The van der Waals surface area contributed by atoms with Gasteiger partial charge in [-0.3, -0.25) is 0 Å². The van der Waals surface area contributed by atoms with Gasteiger partial charge < -0.3 is 10.6 Å². The van der Waals surface area contributed by atoms with Gasteiger partial charge in [-0.15, -0.1) is 11.6 Å². The van der Waals surface area contributed by atoms with Gasteiger partial charge >= 0.3 is 6.03 Å². The van der Waals surface area contributed by atoms with E-state index in [0.29, 0.717) is 5.69 Å². The number of urea groups is 1. The molecule has 1 saturated heterocycles. The van der Waals surface area contributed by atoms with E-state index in [4.69, 9.17) is 11.6 Å². The molecule has 0 aromatic heterocycles. The Bertz CT molecular complexity index is 571. The smallest absolute Gasteiger partial charge is 0.319 e. The van der Waals surface area contributed by atoms with Crippen LogP contribution in [0.4, 0.5) is 10.5 Å². The molecule has 104 valence electrons. The predicted octanol–water partition coefficient (Wildman–Crippen LogP) is 1.52. The van der Waals surface area contributed by atoms with Gasteiger partial charge in [0.15, 0.2) is 9.84 Å². The van der Waals surface area contributed by atoms with Crippen molar-refractivity contribution in [2.24, 2.45) is 0 Å². The van der Waals surface area contributed by atoms with Gasteiger partial charge in [-0.05, 0) is 19.1 Å². The molecule has 1 fully saturated rings. The van der Waals surface area contributed by atoms with E-state index in [0.717, 1.165) is 5.56 Å². The monoisotopic (exact) mass is 302 g/mol. The van der Waals surface area contributed by atoms with Crippen LogP contribution in [0.2, 0.25) is 0 Å². The number of alkyl halides is 1. The fourth-order valence-electron chi connectivity index (χ4n) is 1.91. The molecule has 1 aromatic carbocycles. The molecule has 0 radical (unpaired) electrons. The van der Waals surface area contributed by atoms with Crippen LogP contribution in [0.3, 0.4) is 0 Å². The van der Waals surface area contributed by atoms with E-state index in [1.807, 2.05) is 19.1 Å². The van der Waals surface area contributed by atoms with Crippen molar-refractivity contribution < 1.29 is 13.2 Å². The van der Waals surface area contributed by atoms with E-state index < -0.39 is 27.3 Å². The van der Waals surface area contributed by atoms with Crippen molar-refractivity contribution in [2.45, 2.75) is 18.3 Å². The molecular formula is C12H15ClN2O3S. The average Bonchev–Trinajstić information content (AvgIpc) is 2.55. The van der Waals surface area contributed by atoms with Gasteiger partial charge in [0, 0.05) is 5.69 Å². The van der Waals surface area contributed by atoms with Crippen LogP contribution < -0.4 is 10.6 Å². The normalized spacial score (nSPS) is 24.9. The highest BCUT2D eigenvalue weighted by atomic mass is 35.5. The molecule has 1 aromatic rings. The Balaban J connectivity index is 1.93. The highest BCUT2D eigenvalue weighted by molar-refractivity contribution is 7.91. The van der Waals surface area contributed by atoms with Crippen LogP contribution in [0, 0.1) is 6.92 Å². The number of amides is 2. The average molecular weight is 303 g/mol. The number of carbonyl (C=O) groups excluding carboxylic acids is 1. The van der Waals surface area contributed by atoms with Crippen molar-refractivity contribution in [1.82, 2.24) is 5.32 Å². The lowest BCUT2D eigenvalue weighted by Gasteiger charge is -2.15. The lowest BCUT2D eigenvalue weighted by molar-refractivity contribution is 0.249. The molecule has 2 amide bonds. The van der Waals surface area contributed by atoms with Gasteiger partial charge in [0.1, 0.15) is 0 Å². The second-order valence-electron chi connectivity index (χ2n) is 4.66. The van der Waals surface area contributed by atoms with E-state index in [1.54, 1.807) is 12.1 Å². The van der Waals surface area contributed by atoms with E-state index >= 15 is 0 Å². The summed E-state index contributed by atoms with van der Waals surface area (Å²) < 4.78 is 22.7. The third-order valence-corrected chi connectivity index (χ3v) is 5.28. The molecule has 0 spiro atoms. The van der Waals surface area contributed by atoms with Crippen LogP contribution in [0.15, 0.2) is 24.3 Å². The molecule has 1 aliphatic heterocycles. The molecule has 0 aliphatic carbocycles. The lowest BCUT2D eigenvalue weighted by atomic mass is 10.2. The molecule has 0 unspecified atom stereocenters. The number of hydrogen-bond acceptors (Lipinski definition) is 3. The molecule has 5 nitrogen and oxygen atoms in total. The number of carbonyl (C=O) groups is 1. The first kappa shape index (κ1) is 14.1. The first-order chi connectivity index (χ1) is 8.85. The zero-order chi connectivity index (χ0) is 14.0. The summed E-state index contributed by atoms with van der Waals surface area (Å²) in [7, 11) is -3.14. The van der Waals surface area contributed by atoms with E-state index in [1.165, 1.54) is 0 Å². The van der Waals surface area contributed by atoms with Crippen molar-refractivity contribution in [3.63, 3.8) is 0 Å². The quantitative estimate of drug-likeness (QED) is 0.813. The van der Waals surface area contributed by atoms with Crippen molar-refractivity contribution in [2.75, 3.05) is 16.8 Å². The first-order valence-corrected chi connectivity index (χ1v) is 8.10. The molecule has 19 heavy (non-hydrogen) atoms. The highest BCUT2D eigenvalue weighted by Crippen LogP contribution is 2.18. The maximum atomic E-state index is 11.7. The van der Waals surface area contributed by atoms with E-state index in [2.05, 4.69) is 10.6 Å². The van der Waals surface area contributed by atoms with Crippen molar-refractivity contribution in [3.8, 4) is 0 Å². The Morgan fingerprint density at radius 3 is 2.42 bits per heavy atom. The van der Waals surface area contributed by atoms with Gasteiger partial charge in [-0.25, -0.2) is 13.2 Å². The second-order valence-corrected chi connectivity index (χ2v) is 7.38. The number of aryl methyl sites for hydroxylation is 1.